The Balaban J connectivity index is 1.45. The van der Waals surface area contributed by atoms with Crippen LogP contribution in [0.15, 0.2) is 0 Å². The van der Waals surface area contributed by atoms with E-state index in [-0.39, 0.29) is 29.9 Å². The second kappa shape index (κ2) is 14.9. The first-order valence-electron chi connectivity index (χ1n) is 11.0. The highest BCUT2D eigenvalue weighted by Gasteiger charge is 2.42. The van der Waals surface area contributed by atoms with Gasteiger partial charge in [-0.1, -0.05) is 6.42 Å². The lowest BCUT2D eigenvalue weighted by Gasteiger charge is -2.18. The SMILES string of the molecule is NCCCOCCOCCOCCCC(CCCC1SCC2NC(=O)NC21)C(N)=O. The number of carbonyl (C=O) groups is 2. The molecule has 6 N–H and O–H groups in total. The lowest BCUT2D eigenvalue weighted by molar-refractivity contribution is -0.122. The van der Waals surface area contributed by atoms with Crippen molar-refractivity contribution in [3.05, 3.63) is 0 Å². The number of hydrogen-bond donors (Lipinski definition) is 4. The minimum Gasteiger partial charge on any atom is -0.379 e. The fraction of sp³-hybridized carbons (Fsp3) is 0.900. The molecule has 2 fully saturated rings. The molecular weight excluding hydrogens is 408 g/mol. The Hall–Kier alpha value is -1.07. The van der Waals surface area contributed by atoms with Gasteiger partial charge >= 0.3 is 6.03 Å². The normalized spacial score (nSPS) is 23.8. The van der Waals surface area contributed by atoms with Gasteiger partial charge < -0.3 is 36.3 Å². The van der Waals surface area contributed by atoms with E-state index in [1.54, 1.807) is 0 Å². The van der Waals surface area contributed by atoms with Crippen molar-refractivity contribution in [1.82, 2.24) is 10.6 Å². The number of ether oxygens (including phenoxy) is 3. The number of amides is 3. The summed E-state index contributed by atoms with van der Waals surface area (Å²) in [5, 5.41) is 6.37. The van der Waals surface area contributed by atoms with Gasteiger partial charge in [0.25, 0.3) is 0 Å². The van der Waals surface area contributed by atoms with E-state index in [2.05, 4.69) is 10.6 Å². The molecule has 9 nitrogen and oxygen atoms in total. The molecular formula is C20H38N4O5S. The fourth-order valence-electron chi connectivity index (χ4n) is 3.80. The molecule has 0 spiro atoms. The van der Waals surface area contributed by atoms with Crippen LogP contribution < -0.4 is 22.1 Å². The van der Waals surface area contributed by atoms with Crippen molar-refractivity contribution in [2.24, 2.45) is 17.4 Å². The van der Waals surface area contributed by atoms with E-state index < -0.39 is 0 Å². The molecule has 0 aromatic heterocycles. The number of fused-ring (bicyclic) bond motifs is 1. The van der Waals surface area contributed by atoms with Gasteiger partial charge in [-0.3, -0.25) is 4.79 Å². The molecule has 174 valence electrons. The number of thioether (sulfide) groups is 1. The van der Waals surface area contributed by atoms with Crippen molar-refractivity contribution in [1.29, 1.82) is 0 Å². The van der Waals surface area contributed by atoms with Crippen molar-refractivity contribution >= 4 is 23.7 Å². The van der Waals surface area contributed by atoms with Crippen LogP contribution in [-0.4, -0.2) is 81.2 Å². The van der Waals surface area contributed by atoms with Crippen LogP contribution in [0.5, 0.6) is 0 Å². The van der Waals surface area contributed by atoms with Crippen LogP contribution in [0.3, 0.4) is 0 Å². The van der Waals surface area contributed by atoms with E-state index in [4.69, 9.17) is 25.7 Å². The molecule has 3 amide bonds. The zero-order valence-electron chi connectivity index (χ0n) is 17.8. The molecule has 4 atom stereocenters. The molecule has 10 heteroatoms. The van der Waals surface area contributed by atoms with E-state index in [1.807, 2.05) is 11.8 Å². The summed E-state index contributed by atoms with van der Waals surface area (Å²) in [4.78, 5) is 23.2. The van der Waals surface area contributed by atoms with E-state index in [1.165, 1.54) is 0 Å². The third kappa shape index (κ3) is 9.38. The zero-order chi connectivity index (χ0) is 21.6. The van der Waals surface area contributed by atoms with Crippen molar-refractivity contribution in [2.75, 3.05) is 51.9 Å². The molecule has 0 aliphatic carbocycles. The van der Waals surface area contributed by atoms with Crippen LogP contribution in [0.25, 0.3) is 0 Å². The molecule has 2 aliphatic rings. The molecule has 4 unspecified atom stereocenters. The molecule has 2 saturated heterocycles. The molecule has 2 heterocycles. The van der Waals surface area contributed by atoms with Crippen LogP contribution in [0, 0.1) is 5.92 Å². The largest absolute Gasteiger partial charge is 0.379 e. The Kier molecular flexibility index (Phi) is 12.5. The molecule has 0 radical (unpaired) electrons. The highest BCUT2D eigenvalue weighted by atomic mass is 32.2. The standard InChI is InChI=1S/C20H38N4O5S/c21-7-3-9-28-11-13-29-12-10-27-8-2-5-15(19(22)25)4-1-6-17-18-16(14-30-17)23-20(26)24-18/h15-18H,1-14,21H2,(H2,22,25)(H2,23,24,26). The number of rotatable bonds is 18. The van der Waals surface area contributed by atoms with E-state index in [0.29, 0.717) is 51.4 Å². The first-order chi connectivity index (χ1) is 14.6. The Bertz CT molecular complexity index is 514. The van der Waals surface area contributed by atoms with Crippen LogP contribution in [0.4, 0.5) is 4.79 Å². The maximum absolute atomic E-state index is 11.8. The average molecular weight is 447 g/mol. The Morgan fingerprint density at radius 3 is 2.30 bits per heavy atom. The van der Waals surface area contributed by atoms with E-state index in [9.17, 15) is 9.59 Å². The minimum atomic E-state index is -0.235. The number of primary amides is 1. The number of nitrogens with two attached hydrogens (primary N) is 2. The Morgan fingerprint density at radius 2 is 1.63 bits per heavy atom. The second-order valence-electron chi connectivity index (χ2n) is 7.77. The lowest BCUT2D eigenvalue weighted by Crippen LogP contribution is -2.36. The van der Waals surface area contributed by atoms with Gasteiger partial charge in [0, 0.05) is 30.1 Å². The molecule has 0 aromatic rings. The van der Waals surface area contributed by atoms with Gasteiger partial charge in [-0.15, -0.1) is 0 Å². The van der Waals surface area contributed by atoms with Crippen molar-refractivity contribution in [3.63, 3.8) is 0 Å². The predicted octanol–water partition coefficient (Wildman–Crippen LogP) is 0.602. The number of hydrogen-bond acceptors (Lipinski definition) is 7. The maximum Gasteiger partial charge on any atom is 0.315 e. The third-order valence-corrected chi connectivity index (χ3v) is 6.97. The summed E-state index contributed by atoms with van der Waals surface area (Å²) >= 11 is 1.90. The fourth-order valence-corrected chi connectivity index (χ4v) is 5.34. The van der Waals surface area contributed by atoms with Gasteiger partial charge in [-0.2, -0.15) is 11.8 Å². The predicted molar refractivity (Wildman–Crippen MR) is 117 cm³/mol. The first-order valence-corrected chi connectivity index (χ1v) is 12.1. The topological polar surface area (TPSA) is 138 Å². The Labute approximate surface area is 183 Å². The Morgan fingerprint density at radius 1 is 1.00 bits per heavy atom. The van der Waals surface area contributed by atoms with Crippen LogP contribution in [-0.2, 0) is 19.0 Å². The third-order valence-electron chi connectivity index (χ3n) is 5.46. The van der Waals surface area contributed by atoms with Gasteiger partial charge in [-0.25, -0.2) is 4.79 Å². The van der Waals surface area contributed by atoms with Gasteiger partial charge in [0.15, 0.2) is 0 Å². The smallest absolute Gasteiger partial charge is 0.315 e. The molecule has 0 aromatic carbocycles. The highest BCUT2D eigenvalue weighted by Crippen LogP contribution is 2.33. The molecule has 0 bridgehead atoms. The second-order valence-corrected chi connectivity index (χ2v) is 9.05. The number of urea groups is 1. The zero-order valence-corrected chi connectivity index (χ0v) is 18.6. The van der Waals surface area contributed by atoms with Crippen LogP contribution >= 0.6 is 11.8 Å². The first kappa shape index (κ1) is 25.2. The highest BCUT2D eigenvalue weighted by molar-refractivity contribution is 8.00. The summed E-state index contributed by atoms with van der Waals surface area (Å²) in [6, 6.07) is 0.387. The van der Waals surface area contributed by atoms with Crippen LogP contribution in [0.1, 0.15) is 38.5 Å². The molecule has 2 rings (SSSR count). The van der Waals surface area contributed by atoms with Crippen molar-refractivity contribution in [2.45, 2.75) is 55.9 Å². The van der Waals surface area contributed by atoms with Gasteiger partial charge in [0.1, 0.15) is 0 Å². The summed E-state index contributed by atoms with van der Waals surface area (Å²) in [5.41, 5.74) is 11.0. The van der Waals surface area contributed by atoms with E-state index >= 15 is 0 Å². The molecule has 30 heavy (non-hydrogen) atoms. The van der Waals surface area contributed by atoms with E-state index in [0.717, 1.165) is 44.3 Å². The minimum absolute atomic E-state index is 0.0634. The number of carbonyl (C=O) groups excluding carboxylic acids is 2. The maximum atomic E-state index is 11.8. The summed E-state index contributed by atoms with van der Waals surface area (Å²) in [6.07, 6.45) is 5.13. The van der Waals surface area contributed by atoms with Gasteiger partial charge in [0.2, 0.25) is 5.91 Å². The quantitative estimate of drug-likeness (QED) is 0.179. The lowest BCUT2D eigenvalue weighted by atomic mass is 9.94. The summed E-state index contributed by atoms with van der Waals surface area (Å²) in [7, 11) is 0. The molecule has 2 aliphatic heterocycles. The van der Waals surface area contributed by atoms with Crippen molar-refractivity contribution < 1.29 is 23.8 Å². The van der Waals surface area contributed by atoms with Gasteiger partial charge in [0.05, 0.1) is 38.5 Å². The summed E-state index contributed by atoms with van der Waals surface area (Å²) in [5.74, 6) is 0.602. The van der Waals surface area contributed by atoms with Crippen LogP contribution in [0.2, 0.25) is 0 Å². The molecule has 0 saturated carbocycles. The van der Waals surface area contributed by atoms with Crippen molar-refractivity contribution in [3.8, 4) is 0 Å². The number of nitrogens with one attached hydrogen (secondary N) is 2. The summed E-state index contributed by atoms with van der Waals surface area (Å²) < 4.78 is 16.3. The van der Waals surface area contributed by atoms with Gasteiger partial charge in [-0.05, 0) is 38.6 Å². The summed E-state index contributed by atoms with van der Waals surface area (Å²) in [6.45, 7) is 4.11. The monoisotopic (exact) mass is 446 g/mol. The average Bonchev–Trinajstić information content (AvgIpc) is 3.26.